The molecule has 7 aromatic carbocycles. The van der Waals surface area contributed by atoms with Gasteiger partial charge in [0.1, 0.15) is 23.3 Å². The average Bonchev–Trinajstić information content (AvgIpc) is 3.84. The van der Waals surface area contributed by atoms with E-state index in [1.165, 1.54) is 32.7 Å². The quantitative estimate of drug-likeness (QED) is 0.191. The first-order valence-corrected chi connectivity index (χ1v) is 20.2. The SMILES string of the molecule is C1=CC2CCc3c(oc4c(C5=NC(c6ccccc6)=NC(c6cccc(-c7ccccc7)c6)N5)c(-n5c6ccccc6c6cc7ccccc7cc65)ccc34)C2C=C1. The number of rotatable bonds is 5. The summed E-state index contributed by atoms with van der Waals surface area (Å²) in [5, 5.41) is 9.87. The molecule has 0 spiro atoms. The van der Waals surface area contributed by atoms with E-state index in [1.54, 1.807) is 0 Å². The lowest BCUT2D eigenvalue weighted by Gasteiger charge is -2.27. The van der Waals surface area contributed by atoms with Crippen LogP contribution in [0.1, 0.15) is 46.5 Å². The lowest BCUT2D eigenvalue weighted by Crippen LogP contribution is -2.34. The molecule has 3 heterocycles. The number of nitrogens with zero attached hydrogens (tertiary/aromatic N) is 3. The Bertz CT molecular complexity index is 3220. The number of allylic oxidation sites excluding steroid dienone is 4. The maximum absolute atomic E-state index is 7.28. The molecule has 3 unspecified atom stereocenters. The van der Waals surface area contributed by atoms with Gasteiger partial charge in [-0.15, -0.1) is 0 Å². The third-order valence-corrected chi connectivity index (χ3v) is 12.4. The van der Waals surface area contributed by atoms with Crippen LogP contribution in [-0.2, 0) is 6.42 Å². The molecule has 0 bridgehead atoms. The van der Waals surface area contributed by atoms with Gasteiger partial charge in [-0.25, -0.2) is 9.98 Å². The number of benzene rings is 7. The van der Waals surface area contributed by atoms with Crippen molar-refractivity contribution >= 4 is 55.2 Å². The van der Waals surface area contributed by atoms with E-state index in [2.05, 4.69) is 186 Å². The van der Waals surface area contributed by atoms with Crippen LogP contribution >= 0.6 is 0 Å². The summed E-state index contributed by atoms with van der Waals surface area (Å²) >= 11 is 0. The highest BCUT2D eigenvalue weighted by Crippen LogP contribution is 2.46. The minimum atomic E-state index is -0.406. The summed E-state index contributed by atoms with van der Waals surface area (Å²) in [5.41, 5.74) is 10.7. The average molecular weight is 747 g/mol. The zero-order chi connectivity index (χ0) is 38.2. The van der Waals surface area contributed by atoms with Gasteiger partial charge in [0.05, 0.1) is 22.3 Å². The van der Waals surface area contributed by atoms with E-state index >= 15 is 0 Å². The number of amidine groups is 2. The number of para-hydroxylation sites is 1. The van der Waals surface area contributed by atoms with Crippen LogP contribution < -0.4 is 5.32 Å². The van der Waals surface area contributed by atoms with Gasteiger partial charge >= 0.3 is 0 Å². The van der Waals surface area contributed by atoms with E-state index in [4.69, 9.17) is 14.4 Å². The Morgan fingerprint density at radius 2 is 1.34 bits per heavy atom. The Hall–Kier alpha value is -7.24. The second-order valence-electron chi connectivity index (χ2n) is 15.7. The first-order valence-electron chi connectivity index (χ1n) is 20.2. The number of hydrogen-bond acceptors (Lipinski definition) is 4. The third-order valence-electron chi connectivity index (χ3n) is 12.4. The van der Waals surface area contributed by atoms with Gasteiger partial charge in [0, 0.05) is 33.2 Å². The van der Waals surface area contributed by atoms with Gasteiger partial charge in [-0.3, -0.25) is 0 Å². The maximum atomic E-state index is 7.28. The van der Waals surface area contributed by atoms with Gasteiger partial charge in [-0.1, -0.05) is 146 Å². The predicted octanol–water partition coefficient (Wildman–Crippen LogP) is 12.6. The summed E-state index contributed by atoms with van der Waals surface area (Å²) < 4.78 is 9.70. The Morgan fingerprint density at radius 3 is 2.21 bits per heavy atom. The zero-order valence-corrected chi connectivity index (χ0v) is 31.7. The number of hydrogen-bond donors (Lipinski definition) is 1. The number of furan rings is 1. The topological polar surface area (TPSA) is 54.8 Å². The molecular weight excluding hydrogens is 709 g/mol. The van der Waals surface area contributed by atoms with Crippen molar-refractivity contribution in [3.8, 4) is 16.8 Å². The first kappa shape index (κ1) is 33.0. The lowest BCUT2D eigenvalue weighted by molar-refractivity contribution is 0.413. The molecule has 9 aromatic rings. The number of aryl methyl sites for hydroxylation is 1. The summed E-state index contributed by atoms with van der Waals surface area (Å²) in [6, 6.07) is 56.2. The van der Waals surface area contributed by atoms with Crippen molar-refractivity contribution < 1.29 is 4.42 Å². The fraction of sp³-hybridized carbons (Fsp3) is 0.0943. The van der Waals surface area contributed by atoms with Crippen molar-refractivity contribution in [1.82, 2.24) is 9.88 Å². The first-order chi connectivity index (χ1) is 28.7. The van der Waals surface area contributed by atoms with Crippen LogP contribution in [0.3, 0.4) is 0 Å². The second-order valence-corrected chi connectivity index (χ2v) is 15.7. The van der Waals surface area contributed by atoms with Gasteiger partial charge < -0.3 is 14.3 Å². The van der Waals surface area contributed by atoms with Crippen molar-refractivity contribution in [2.24, 2.45) is 15.9 Å². The highest BCUT2D eigenvalue weighted by Gasteiger charge is 2.35. The molecule has 3 atom stereocenters. The summed E-state index contributed by atoms with van der Waals surface area (Å²) in [5.74, 6) is 3.11. The monoisotopic (exact) mass is 746 g/mol. The van der Waals surface area contributed by atoms with E-state index in [9.17, 15) is 0 Å². The van der Waals surface area contributed by atoms with Crippen LogP contribution in [0.25, 0.3) is 60.4 Å². The van der Waals surface area contributed by atoms with Crippen molar-refractivity contribution in [1.29, 1.82) is 0 Å². The van der Waals surface area contributed by atoms with Crippen LogP contribution in [-0.4, -0.2) is 16.2 Å². The Balaban J connectivity index is 1.14. The van der Waals surface area contributed by atoms with Gasteiger partial charge in [-0.05, 0) is 82.6 Å². The molecule has 276 valence electrons. The molecule has 2 aromatic heterocycles. The third kappa shape index (κ3) is 5.23. The van der Waals surface area contributed by atoms with Gasteiger partial charge in [0.15, 0.2) is 5.84 Å². The van der Waals surface area contributed by atoms with Gasteiger partial charge in [-0.2, -0.15) is 0 Å². The van der Waals surface area contributed by atoms with Crippen LogP contribution in [0.4, 0.5) is 0 Å². The number of aromatic nitrogens is 1. The van der Waals surface area contributed by atoms with Gasteiger partial charge in [0.25, 0.3) is 0 Å². The molecule has 12 rings (SSSR count). The number of nitrogens with one attached hydrogen (secondary N) is 1. The molecule has 2 aliphatic carbocycles. The van der Waals surface area contributed by atoms with E-state index in [0.717, 1.165) is 74.4 Å². The molecular formula is C53H38N4O. The zero-order valence-electron chi connectivity index (χ0n) is 31.7. The highest BCUT2D eigenvalue weighted by molar-refractivity contribution is 6.20. The number of aliphatic imine (C=N–C) groups is 2. The lowest BCUT2D eigenvalue weighted by atomic mass is 9.76. The van der Waals surface area contributed by atoms with E-state index in [1.807, 2.05) is 6.07 Å². The fourth-order valence-electron chi connectivity index (χ4n) is 9.58. The molecule has 0 amide bonds. The molecule has 0 saturated heterocycles. The van der Waals surface area contributed by atoms with Crippen molar-refractivity contribution in [2.45, 2.75) is 24.9 Å². The minimum Gasteiger partial charge on any atom is -0.459 e. The van der Waals surface area contributed by atoms with Gasteiger partial charge in [0.2, 0.25) is 0 Å². The Labute approximate surface area is 336 Å². The molecule has 0 fully saturated rings. The molecule has 0 saturated carbocycles. The Morgan fingerprint density at radius 1 is 0.603 bits per heavy atom. The maximum Gasteiger partial charge on any atom is 0.159 e. The predicted molar refractivity (Wildman–Crippen MR) is 238 cm³/mol. The fourth-order valence-corrected chi connectivity index (χ4v) is 9.58. The van der Waals surface area contributed by atoms with Crippen LogP contribution in [0.15, 0.2) is 196 Å². The van der Waals surface area contributed by atoms with E-state index < -0.39 is 6.17 Å². The van der Waals surface area contributed by atoms with Crippen LogP contribution in [0.2, 0.25) is 0 Å². The standard InChI is InChI=1S/C53H38N4O/c1-3-14-33(15-4-1)36-21-13-22-39(30-36)52-54-51(35-17-5-2-6-18-35)55-53(56-52)48-46(29-28-43-42-27-26-34-16-9-10-23-40(34)49(42)58-50(43)48)57-45-25-12-11-24-41(45)44-31-37-19-7-8-20-38(37)32-47(44)57/h1-25,28-32,34,40,52H,26-27H2,(H,54,55,56). The van der Waals surface area contributed by atoms with Crippen LogP contribution in [0.5, 0.6) is 0 Å². The molecule has 3 aliphatic rings. The summed E-state index contributed by atoms with van der Waals surface area (Å²) in [4.78, 5) is 10.8. The molecule has 1 aliphatic heterocycles. The second kappa shape index (κ2) is 13.2. The molecule has 1 N–H and O–H groups in total. The molecule has 58 heavy (non-hydrogen) atoms. The molecule has 0 radical (unpaired) electrons. The largest absolute Gasteiger partial charge is 0.459 e. The van der Waals surface area contributed by atoms with Crippen molar-refractivity contribution in [3.63, 3.8) is 0 Å². The molecule has 5 heteroatoms. The Kier molecular flexibility index (Phi) is 7.49. The van der Waals surface area contributed by atoms with E-state index in [-0.39, 0.29) is 5.92 Å². The van der Waals surface area contributed by atoms with E-state index in [0.29, 0.717) is 11.8 Å². The molecule has 5 nitrogen and oxygen atoms in total. The summed E-state index contributed by atoms with van der Waals surface area (Å²) in [7, 11) is 0. The van der Waals surface area contributed by atoms with Crippen LogP contribution in [0, 0.1) is 5.92 Å². The normalized spacial score (nSPS) is 18.6. The van der Waals surface area contributed by atoms with Crippen molar-refractivity contribution in [2.75, 3.05) is 0 Å². The summed E-state index contributed by atoms with van der Waals surface area (Å²) in [6.45, 7) is 0. The van der Waals surface area contributed by atoms with Crippen molar-refractivity contribution in [3.05, 3.63) is 210 Å². The highest BCUT2D eigenvalue weighted by atomic mass is 16.3. The number of fused-ring (bicyclic) bond motifs is 9. The minimum absolute atomic E-state index is 0.202. The smallest absolute Gasteiger partial charge is 0.159 e. The summed E-state index contributed by atoms with van der Waals surface area (Å²) in [6.07, 6.45) is 10.7.